The summed E-state index contributed by atoms with van der Waals surface area (Å²) in [4.78, 5) is 0. The Bertz CT molecular complexity index is 493. The molecule has 0 saturated heterocycles. The van der Waals surface area contributed by atoms with Crippen LogP contribution in [0.15, 0.2) is 12.1 Å². The molecule has 0 fully saturated rings. The van der Waals surface area contributed by atoms with Crippen LogP contribution in [0.2, 0.25) is 5.02 Å². The number of hydrogen-bond acceptors (Lipinski definition) is 4. The van der Waals surface area contributed by atoms with Gasteiger partial charge in [0.05, 0.1) is 28.9 Å². The molecule has 0 spiro atoms. The quantitative estimate of drug-likeness (QED) is 0.836. The maximum absolute atomic E-state index is 10.2. The predicted octanol–water partition coefficient (Wildman–Crippen LogP) is 3.54. The molecular weight excluding hydrogens is 278 g/mol. The number of hydrogen-bond donors (Lipinski definition) is 1. The molecule has 1 rings (SSSR count). The van der Waals surface area contributed by atoms with Crippen molar-refractivity contribution >= 4 is 11.6 Å². The number of halogens is 1. The van der Waals surface area contributed by atoms with Crippen LogP contribution in [0.5, 0.6) is 11.5 Å². The molecule has 0 bridgehead atoms. The minimum absolute atomic E-state index is 0.131. The molecule has 0 aliphatic rings. The van der Waals surface area contributed by atoms with E-state index < -0.39 is 5.60 Å². The molecule has 0 atom stereocenters. The summed E-state index contributed by atoms with van der Waals surface area (Å²) in [6, 6.07) is 5.13. The number of ether oxygens (including phenoxy) is 2. The SMILES string of the molecule is CCOc1cc(C#N)cc(Cl)c1OCC(O)(CC)CC. The third-order valence-corrected chi connectivity index (χ3v) is 3.52. The first kappa shape index (κ1) is 16.6. The Morgan fingerprint density at radius 2 is 1.90 bits per heavy atom. The minimum atomic E-state index is -0.888. The molecule has 4 nitrogen and oxygen atoms in total. The zero-order valence-electron chi connectivity index (χ0n) is 12.1. The summed E-state index contributed by atoms with van der Waals surface area (Å²) < 4.78 is 11.1. The lowest BCUT2D eigenvalue weighted by Crippen LogP contribution is -2.34. The van der Waals surface area contributed by atoms with Gasteiger partial charge in [0.1, 0.15) is 6.61 Å². The largest absolute Gasteiger partial charge is 0.490 e. The minimum Gasteiger partial charge on any atom is -0.490 e. The second kappa shape index (κ2) is 7.37. The van der Waals surface area contributed by atoms with Crippen molar-refractivity contribution in [3.05, 3.63) is 22.7 Å². The number of nitrogens with zero attached hydrogens (tertiary/aromatic N) is 1. The normalized spacial score (nSPS) is 11.0. The van der Waals surface area contributed by atoms with E-state index in [9.17, 15) is 5.11 Å². The van der Waals surface area contributed by atoms with Crippen molar-refractivity contribution in [2.24, 2.45) is 0 Å². The van der Waals surface area contributed by atoms with Crippen LogP contribution in [-0.4, -0.2) is 23.9 Å². The average Bonchev–Trinajstić information content (AvgIpc) is 2.46. The maximum atomic E-state index is 10.2. The molecule has 110 valence electrons. The highest BCUT2D eigenvalue weighted by Gasteiger charge is 2.24. The van der Waals surface area contributed by atoms with Gasteiger partial charge in [0.15, 0.2) is 11.5 Å². The topological polar surface area (TPSA) is 62.5 Å². The lowest BCUT2D eigenvalue weighted by Gasteiger charge is -2.26. The Hall–Kier alpha value is -1.44. The molecule has 0 unspecified atom stereocenters. The summed E-state index contributed by atoms with van der Waals surface area (Å²) in [6.07, 6.45) is 1.17. The highest BCUT2D eigenvalue weighted by molar-refractivity contribution is 6.32. The molecule has 1 aromatic rings. The van der Waals surface area contributed by atoms with Crippen molar-refractivity contribution in [1.29, 1.82) is 5.26 Å². The Balaban J connectivity index is 3.02. The molecule has 0 saturated carbocycles. The fraction of sp³-hybridized carbons (Fsp3) is 0.533. The van der Waals surface area contributed by atoms with Crippen molar-refractivity contribution < 1.29 is 14.6 Å². The third-order valence-electron chi connectivity index (χ3n) is 3.24. The van der Waals surface area contributed by atoms with E-state index in [0.717, 1.165) is 0 Å². The molecule has 5 heteroatoms. The van der Waals surface area contributed by atoms with E-state index in [1.54, 1.807) is 6.07 Å². The third kappa shape index (κ3) is 4.03. The molecule has 0 heterocycles. The van der Waals surface area contributed by atoms with Crippen LogP contribution in [0.25, 0.3) is 0 Å². The number of nitriles is 1. The van der Waals surface area contributed by atoms with Crippen molar-refractivity contribution in [3.8, 4) is 17.6 Å². The van der Waals surface area contributed by atoms with Gasteiger partial charge >= 0.3 is 0 Å². The lowest BCUT2D eigenvalue weighted by atomic mass is 9.99. The zero-order valence-corrected chi connectivity index (χ0v) is 12.8. The van der Waals surface area contributed by atoms with Crippen LogP contribution in [0.4, 0.5) is 0 Å². The first-order valence-corrected chi connectivity index (χ1v) is 7.09. The van der Waals surface area contributed by atoms with Gasteiger partial charge in [0.25, 0.3) is 0 Å². The molecule has 0 aliphatic heterocycles. The second-order valence-electron chi connectivity index (χ2n) is 4.55. The molecule has 1 N–H and O–H groups in total. The van der Waals surface area contributed by atoms with Crippen LogP contribution >= 0.6 is 11.6 Å². The van der Waals surface area contributed by atoms with Gasteiger partial charge in [-0.2, -0.15) is 5.26 Å². The van der Waals surface area contributed by atoms with Crippen molar-refractivity contribution in [3.63, 3.8) is 0 Å². The molecular formula is C15H20ClNO3. The number of benzene rings is 1. The average molecular weight is 298 g/mol. The van der Waals surface area contributed by atoms with Gasteiger partial charge in [-0.05, 0) is 25.8 Å². The fourth-order valence-electron chi connectivity index (χ4n) is 1.70. The Kier molecular flexibility index (Phi) is 6.12. The lowest BCUT2D eigenvalue weighted by molar-refractivity contribution is -0.0120. The van der Waals surface area contributed by atoms with Crippen molar-refractivity contribution in [2.45, 2.75) is 39.2 Å². The monoisotopic (exact) mass is 297 g/mol. The van der Waals surface area contributed by atoms with Crippen molar-refractivity contribution in [2.75, 3.05) is 13.2 Å². The summed E-state index contributed by atoms with van der Waals surface area (Å²) in [7, 11) is 0. The van der Waals surface area contributed by atoms with E-state index in [1.807, 2.05) is 26.8 Å². The van der Waals surface area contributed by atoms with E-state index in [1.165, 1.54) is 6.07 Å². The Morgan fingerprint density at radius 3 is 2.40 bits per heavy atom. The zero-order chi connectivity index (χ0) is 15.2. The second-order valence-corrected chi connectivity index (χ2v) is 4.96. The molecule has 0 aromatic heterocycles. The van der Waals surface area contributed by atoms with E-state index >= 15 is 0 Å². The summed E-state index contributed by atoms with van der Waals surface area (Å²) >= 11 is 6.13. The molecule has 0 amide bonds. The van der Waals surface area contributed by atoms with Crippen LogP contribution in [0.1, 0.15) is 39.2 Å². The van der Waals surface area contributed by atoms with Crippen LogP contribution in [0, 0.1) is 11.3 Å². The summed E-state index contributed by atoms with van der Waals surface area (Å²) in [6.45, 7) is 6.21. The van der Waals surface area contributed by atoms with Gasteiger partial charge in [-0.3, -0.25) is 0 Å². The highest BCUT2D eigenvalue weighted by atomic mass is 35.5. The molecule has 20 heavy (non-hydrogen) atoms. The predicted molar refractivity (Wildman–Crippen MR) is 78.4 cm³/mol. The summed E-state index contributed by atoms with van der Waals surface area (Å²) in [5.74, 6) is 0.791. The van der Waals surface area contributed by atoms with Crippen LogP contribution < -0.4 is 9.47 Å². The smallest absolute Gasteiger partial charge is 0.179 e. The Labute approximate surface area is 124 Å². The van der Waals surface area contributed by atoms with E-state index in [0.29, 0.717) is 41.5 Å². The van der Waals surface area contributed by atoms with Gasteiger partial charge in [0, 0.05) is 6.07 Å². The van der Waals surface area contributed by atoms with Crippen LogP contribution in [-0.2, 0) is 0 Å². The van der Waals surface area contributed by atoms with E-state index in [4.69, 9.17) is 26.3 Å². The van der Waals surface area contributed by atoms with Crippen LogP contribution in [0.3, 0.4) is 0 Å². The fourth-order valence-corrected chi connectivity index (χ4v) is 1.96. The van der Waals surface area contributed by atoms with Gasteiger partial charge in [0.2, 0.25) is 0 Å². The first-order valence-electron chi connectivity index (χ1n) is 6.71. The van der Waals surface area contributed by atoms with Gasteiger partial charge in [-0.1, -0.05) is 25.4 Å². The summed E-state index contributed by atoms with van der Waals surface area (Å²) in [5, 5.41) is 19.5. The van der Waals surface area contributed by atoms with Gasteiger partial charge < -0.3 is 14.6 Å². The maximum Gasteiger partial charge on any atom is 0.179 e. The Morgan fingerprint density at radius 1 is 1.25 bits per heavy atom. The standard InChI is InChI=1S/C15H20ClNO3/c1-4-15(18,5-2)10-20-14-12(16)7-11(9-17)8-13(14)19-6-3/h7-8,18H,4-6,10H2,1-3H3. The number of rotatable bonds is 7. The van der Waals surface area contributed by atoms with Gasteiger partial charge in [-0.25, -0.2) is 0 Å². The summed E-state index contributed by atoms with van der Waals surface area (Å²) in [5.41, 5.74) is -0.479. The van der Waals surface area contributed by atoms with Crippen molar-refractivity contribution in [1.82, 2.24) is 0 Å². The van der Waals surface area contributed by atoms with E-state index in [-0.39, 0.29) is 6.61 Å². The molecule has 1 aromatic carbocycles. The molecule has 0 radical (unpaired) electrons. The van der Waals surface area contributed by atoms with E-state index in [2.05, 4.69) is 0 Å². The van der Waals surface area contributed by atoms with Gasteiger partial charge in [-0.15, -0.1) is 0 Å². The number of aliphatic hydroxyl groups is 1. The highest BCUT2D eigenvalue weighted by Crippen LogP contribution is 2.37. The first-order chi connectivity index (χ1) is 9.49. The molecule has 0 aliphatic carbocycles.